The Morgan fingerprint density at radius 2 is 0.968 bits per heavy atom. The monoisotopic (exact) mass is 474 g/mol. The fourth-order valence-electron chi connectivity index (χ4n) is 2.83. The number of hydrogen-bond acceptors (Lipinski definition) is 6. The molecule has 0 radical (unpaired) electrons. The van der Waals surface area contributed by atoms with Crippen LogP contribution in [-0.4, -0.2) is 58.8 Å². The Labute approximate surface area is 193 Å². The molecule has 0 spiro atoms. The van der Waals surface area contributed by atoms with Gasteiger partial charge in [-0.15, -0.1) is 0 Å². The van der Waals surface area contributed by atoms with Gasteiger partial charge >= 0.3 is 17.6 Å². The van der Waals surface area contributed by atoms with Crippen molar-refractivity contribution in [2.45, 2.75) is 58.5 Å². The van der Waals surface area contributed by atoms with Gasteiger partial charge < -0.3 is 26.6 Å². The molecule has 182 valence electrons. The highest BCUT2D eigenvalue weighted by molar-refractivity contribution is 6.61. The average molecular weight is 475 g/mol. The number of rotatable bonds is 19. The third kappa shape index (κ3) is 14.8. The largest absolute Gasteiger partial charge is 0.500 e. The molecule has 6 nitrogen and oxygen atoms in total. The first-order chi connectivity index (χ1) is 14.8. The van der Waals surface area contributed by atoms with Crippen molar-refractivity contribution in [1.82, 2.24) is 0 Å². The van der Waals surface area contributed by atoms with E-state index in [4.69, 9.17) is 26.6 Å². The topological polar surface area (TPSA) is 55.4 Å². The van der Waals surface area contributed by atoms with Crippen molar-refractivity contribution in [2.24, 2.45) is 0 Å². The van der Waals surface area contributed by atoms with Crippen molar-refractivity contribution in [3.8, 4) is 0 Å². The zero-order valence-electron chi connectivity index (χ0n) is 20.8. The molecule has 0 aromatic heterocycles. The van der Waals surface area contributed by atoms with Gasteiger partial charge in [-0.2, -0.15) is 0 Å². The number of hydrogen-bond donors (Lipinski definition) is 0. The molecule has 0 amide bonds. The summed E-state index contributed by atoms with van der Waals surface area (Å²) in [5.41, 5.74) is 2.09. The van der Waals surface area contributed by atoms with E-state index in [1.807, 2.05) is 20.8 Å². The molecule has 0 aromatic carbocycles. The van der Waals surface area contributed by atoms with Crippen LogP contribution in [0.4, 0.5) is 0 Å². The lowest BCUT2D eigenvalue weighted by Crippen LogP contribution is -2.45. The Balaban J connectivity index is 0. The molecule has 31 heavy (non-hydrogen) atoms. The van der Waals surface area contributed by atoms with Gasteiger partial charge in [0, 0.05) is 53.2 Å². The van der Waals surface area contributed by atoms with E-state index in [-0.39, 0.29) is 0 Å². The second-order valence-electron chi connectivity index (χ2n) is 6.71. The first-order valence-corrected chi connectivity index (χ1v) is 14.8. The first-order valence-electron chi connectivity index (χ1n) is 11.0. The van der Waals surface area contributed by atoms with Crippen molar-refractivity contribution in [2.75, 3.05) is 41.2 Å². The zero-order valence-corrected chi connectivity index (χ0v) is 22.8. The van der Waals surface area contributed by atoms with Crippen LogP contribution in [0.2, 0.25) is 12.1 Å². The van der Waals surface area contributed by atoms with Crippen molar-refractivity contribution in [3.05, 3.63) is 49.6 Å². The Kier molecular flexibility index (Phi) is 20.7. The Bertz CT molecular complexity index is 481. The highest BCUT2D eigenvalue weighted by Gasteiger charge is 2.39. The van der Waals surface area contributed by atoms with Crippen molar-refractivity contribution >= 4 is 17.6 Å². The maximum absolute atomic E-state index is 5.76. The minimum absolute atomic E-state index is 0.634. The van der Waals surface area contributed by atoms with Crippen LogP contribution in [0, 0.1) is 0 Å². The molecule has 0 saturated heterocycles. The van der Waals surface area contributed by atoms with Gasteiger partial charge in [0.15, 0.2) is 0 Å². The second kappa shape index (κ2) is 19.8. The van der Waals surface area contributed by atoms with E-state index in [1.165, 1.54) is 0 Å². The standard InChI is InChI=1S/C13H26O3Si.C10H20O3Si/c1-6-13(5)11-10-12-17(14-7-2,15-8-3)16-9-4;1-6-10(2)8-7-9-14(11-3,12-4)13-5/h6H,1,5,7-12H2,2-4H3;6H,1-2,7-9H2,3-5H3. The van der Waals surface area contributed by atoms with Gasteiger partial charge in [0.05, 0.1) is 0 Å². The van der Waals surface area contributed by atoms with Crippen LogP contribution in [0.1, 0.15) is 46.5 Å². The van der Waals surface area contributed by atoms with Gasteiger partial charge in [-0.05, 0) is 46.5 Å². The summed E-state index contributed by atoms with van der Waals surface area (Å²) >= 11 is 0. The summed E-state index contributed by atoms with van der Waals surface area (Å²) < 4.78 is 33.2. The molecule has 0 heterocycles. The summed E-state index contributed by atoms with van der Waals surface area (Å²) in [7, 11) is 0.0567. The van der Waals surface area contributed by atoms with E-state index in [0.717, 1.165) is 48.9 Å². The van der Waals surface area contributed by atoms with Crippen LogP contribution in [0.5, 0.6) is 0 Å². The van der Waals surface area contributed by atoms with Crippen molar-refractivity contribution < 1.29 is 26.6 Å². The predicted octanol–water partition coefficient (Wildman–Crippen LogP) is 5.94. The van der Waals surface area contributed by atoms with Crippen LogP contribution in [-0.2, 0) is 26.6 Å². The molecule has 0 saturated carbocycles. The fraction of sp³-hybridized carbons (Fsp3) is 0.652. The minimum atomic E-state index is -2.45. The summed E-state index contributed by atoms with van der Waals surface area (Å²) in [5, 5.41) is 0. The maximum atomic E-state index is 5.76. The molecule has 8 heteroatoms. The van der Waals surface area contributed by atoms with Crippen LogP contribution in [0.25, 0.3) is 0 Å². The maximum Gasteiger partial charge on any atom is 0.500 e. The molecule has 0 atom stereocenters. The van der Waals surface area contributed by atoms with E-state index in [9.17, 15) is 0 Å². The molecular formula is C23H46O6Si2. The molecule has 0 aliphatic carbocycles. The van der Waals surface area contributed by atoms with E-state index in [1.54, 1.807) is 33.5 Å². The molecule has 0 aliphatic heterocycles. The summed E-state index contributed by atoms with van der Waals surface area (Å²) in [6, 6.07) is 1.65. The van der Waals surface area contributed by atoms with Crippen LogP contribution >= 0.6 is 0 Å². The molecule has 0 aromatic rings. The van der Waals surface area contributed by atoms with Crippen LogP contribution in [0.15, 0.2) is 49.6 Å². The molecular weight excluding hydrogens is 428 g/mol. The fourth-order valence-corrected chi connectivity index (χ4v) is 7.16. The summed E-state index contributed by atoms with van der Waals surface area (Å²) in [4.78, 5) is 0. The highest BCUT2D eigenvalue weighted by Crippen LogP contribution is 2.21. The first kappa shape index (κ1) is 32.3. The third-order valence-electron chi connectivity index (χ3n) is 4.56. The van der Waals surface area contributed by atoms with Gasteiger partial charge in [0.25, 0.3) is 0 Å². The third-order valence-corrected chi connectivity index (χ3v) is 10.5. The van der Waals surface area contributed by atoms with Gasteiger partial charge in [0.2, 0.25) is 0 Å². The quantitative estimate of drug-likeness (QED) is 0.170. The Morgan fingerprint density at radius 3 is 1.23 bits per heavy atom. The Morgan fingerprint density at radius 1 is 0.645 bits per heavy atom. The summed E-state index contributed by atoms with van der Waals surface area (Å²) in [6.07, 6.45) is 7.32. The van der Waals surface area contributed by atoms with E-state index < -0.39 is 17.6 Å². The molecule has 0 fully saturated rings. The lowest BCUT2D eigenvalue weighted by atomic mass is 10.2. The summed E-state index contributed by atoms with van der Waals surface area (Å²) in [6.45, 7) is 22.9. The van der Waals surface area contributed by atoms with E-state index in [0.29, 0.717) is 19.8 Å². The van der Waals surface area contributed by atoms with Gasteiger partial charge in [-0.25, -0.2) is 0 Å². The van der Waals surface area contributed by atoms with Gasteiger partial charge in [0.1, 0.15) is 0 Å². The normalized spacial score (nSPS) is 11.4. The predicted molar refractivity (Wildman–Crippen MR) is 134 cm³/mol. The molecule has 0 bridgehead atoms. The molecule has 0 aliphatic rings. The lowest BCUT2D eigenvalue weighted by molar-refractivity contribution is 0.0708. The number of allylic oxidation sites excluding steroid dienone is 4. The SMILES string of the molecule is C=CC(=C)CCC[Si](OC)(OC)OC.C=CC(=C)CCC[Si](OCC)(OCC)OCC. The van der Waals surface area contributed by atoms with Crippen molar-refractivity contribution in [3.63, 3.8) is 0 Å². The molecule has 0 N–H and O–H groups in total. The summed E-state index contributed by atoms with van der Waals surface area (Å²) in [5.74, 6) is 0. The van der Waals surface area contributed by atoms with Crippen molar-refractivity contribution in [1.29, 1.82) is 0 Å². The molecule has 0 unspecified atom stereocenters. The lowest BCUT2D eigenvalue weighted by Gasteiger charge is -2.28. The van der Waals surface area contributed by atoms with Gasteiger partial charge in [-0.1, -0.05) is 49.6 Å². The average Bonchev–Trinajstić information content (AvgIpc) is 2.77. The molecule has 0 rings (SSSR count). The van der Waals surface area contributed by atoms with E-state index >= 15 is 0 Å². The highest BCUT2D eigenvalue weighted by atomic mass is 28.4. The smallest absolute Gasteiger partial charge is 0.377 e. The van der Waals surface area contributed by atoms with Gasteiger partial charge in [-0.3, -0.25) is 0 Å². The second-order valence-corrected chi connectivity index (χ2v) is 12.5. The zero-order chi connectivity index (χ0) is 24.2. The van der Waals surface area contributed by atoms with E-state index in [2.05, 4.69) is 26.3 Å². The van der Waals surface area contributed by atoms with Crippen LogP contribution in [0.3, 0.4) is 0 Å². The van der Waals surface area contributed by atoms with Crippen LogP contribution < -0.4 is 0 Å². The Hall–Kier alpha value is -0.846. The minimum Gasteiger partial charge on any atom is -0.377 e.